The SMILES string of the molecule is CC(=O)Oc1cccc(C(=O)NCCCC[C@@H](NC(=O)c2cccc(OC(C)=O)c2OC(C)=O)C(=O)NC(=O)NCC(=O)N(CCCC(=O)O)OC(=O)c2cccc(OC(C)=O)c2OC(C)=O)c1OC(C)=O. The Morgan fingerprint density at radius 2 is 0.986 bits per heavy atom. The fraction of sp³-hybridized carbons (Fsp3) is 0.326. The van der Waals surface area contributed by atoms with Gasteiger partial charge in [-0.1, -0.05) is 18.2 Å². The highest BCUT2D eigenvalue weighted by molar-refractivity contribution is 6.04. The van der Waals surface area contributed by atoms with Crippen LogP contribution >= 0.6 is 0 Å². The molecule has 0 aliphatic heterocycles. The van der Waals surface area contributed by atoms with Gasteiger partial charge in [0.25, 0.3) is 23.6 Å². The van der Waals surface area contributed by atoms with Crippen molar-refractivity contribution >= 4 is 77.4 Å². The summed E-state index contributed by atoms with van der Waals surface area (Å²) < 4.78 is 30.5. The van der Waals surface area contributed by atoms with Crippen LogP contribution in [-0.4, -0.2) is 113 Å². The number of hydrogen-bond acceptors (Lipinski definition) is 20. The van der Waals surface area contributed by atoms with Crippen LogP contribution in [0.2, 0.25) is 0 Å². The minimum atomic E-state index is -1.60. The lowest BCUT2D eigenvalue weighted by Gasteiger charge is -2.22. The number of urea groups is 1. The summed E-state index contributed by atoms with van der Waals surface area (Å²) in [4.78, 5) is 168. The van der Waals surface area contributed by atoms with E-state index >= 15 is 0 Å². The summed E-state index contributed by atoms with van der Waals surface area (Å²) in [5.41, 5.74) is -1.07. The maximum absolute atomic E-state index is 13.7. The lowest BCUT2D eigenvalue weighted by Crippen LogP contribution is -2.52. The molecule has 0 radical (unpaired) electrons. The van der Waals surface area contributed by atoms with E-state index in [4.69, 9.17) is 38.4 Å². The number of imide groups is 1. The lowest BCUT2D eigenvalue weighted by atomic mass is 10.1. The number of para-hydroxylation sites is 3. The molecule has 3 rings (SSSR count). The smallest absolute Gasteiger partial charge is 0.367 e. The summed E-state index contributed by atoms with van der Waals surface area (Å²) in [6, 6.07) is 8.23. The second-order valence-corrected chi connectivity index (χ2v) is 14.8. The van der Waals surface area contributed by atoms with Crippen LogP contribution in [0.5, 0.6) is 34.5 Å². The first-order chi connectivity index (χ1) is 34.0. The van der Waals surface area contributed by atoms with E-state index < -0.39 is 120 Å². The number of carboxylic acids is 1. The van der Waals surface area contributed by atoms with E-state index in [1.807, 2.05) is 5.32 Å². The quantitative estimate of drug-likeness (QED) is 0.0417. The average molecular weight is 1010 g/mol. The van der Waals surface area contributed by atoms with E-state index in [1.165, 1.54) is 48.5 Å². The number of nitrogens with one attached hydrogen (secondary N) is 4. The van der Waals surface area contributed by atoms with Gasteiger partial charge in [0.05, 0.1) is 17.7 Å². The van der Waals surface area contributed by atoms with Gasteiger partial charge < -0.3 is 54.3 Å². The first kappa shape index (κ1) is 57.1. The summed E-state index contributed by atoms with van der Waals surface area (Å²) in [5.74, 6) is -14.2. The van der Waals surface area contributed by atoms with E-state index in [0.29, 0.717) is 5.06 Å². The maximum atomic E-state index is 13.7. The van der Waals surface area contributed by atoms with Crippen molar-refractivity contribution in [2.24, 2.45) is 0 Å². The van der Waals surface area contributed by atoms with E-state index in [9.17, 15) is 62.3 Å². The van der Waals surface area contributed by atoms with Gasteiger partial charge in [-0.25, -0.2) is 9.59 Å². The molecule has 0 aromatic heterocycles. The summed E-state index contributed by atoms with van der Waals surface area (Å²) in [7, 11) is 0. The number of benzene rings is 3. The molecule has 6 amide bonds. The highest BCUT2D eigenvalue weighted by Gasteiger charge is 2.29. The molecule has 26 nitrogen and oxygen atoms in total. The predicted molar refractivity (Wildman–Crippen MR) is 240 cm³/mol. The summed E-state index contributed by atoms with van der Waals surface area (Å²) in [6.07, 6.45) is -0.911. The Kier molecular flexibility index (Phi) is 22.0. The number of carboxylic acid groups (broad SMARTS) is 1. The van der Waals surface area contributed by atoms with Crippen LogP contribution in [0.15, 0.2) is 54.6 Å². The topological polar surface area (TPSA) is 358 Å². The van der Waals surface area contributed by atoms with E-state index in [-0.39, 0.29) is 66.4 Å². The Hall–Kier alpha value is -9.23. The number of aliphatic carboxylic acids is 1. The molecular weight excluding hydrogens is 959 g/mol. The molecule has 0 spiro atoms. The molecule has 0 saturated heterocycles. The molecule has 0 fully saturated rings. The van der Waals surface area contributed by atoms with Crippen molar-refractivity contribution in [2.45, 2.75) is 79.7 Å². The molecule has 3 aromatic carbocycles. The van der Waals surface area contributed by atoms with Gasteiger partial charge >= 0.3 is 53.8 Å². The van der Waals surface area contributed by atoms with Crippen LogP contribution in [-0.2, 0) is 48.0 Å². The molecule has 1 atom stereocenters. The van der Waals surface area contributed by atoms with Crippen LogP contribution in [0.4, 0.5) is 4.79 Å². The van der Waals surface area contributed by atoms with Crippen molar-refractivity contribution in [3.05, 3.63) is 71.3 Å². The Labute approximate surface area is 408 Å². The highest BCUT2D eigenvalue weighted by Crippen LogP contribution is 2.34. The first-order valence-electron chi connectivity index (χ1n) is 21.4. The number of amides is 6. The van der Waals surface area contributed by atoms with Crippen molar-refractivity contribution in [3.63, 3.8) is 0 Å². The minimum absolute atomic E-state index is 0.0347. The molecule has 72 heavy (non-hydrogen) atoms. The summed E-state index contributed by atoms with van der Waals surface area (Å²) in [6.45, 7) is 4.59. The minimum Gasteiger partial charge on any atom is -0.481 e. The van der Waals surface area contributed by atoms with Crippen LogP contribution < -0.4 is 49.7 Å². The zero-order valence-electron chi connectivity index (χ0n) is 39.5. The molecule has 0 aliphatic carbocycles. The van der Waals surface area contributed by atoms with Gasteiger partial charge in [-0.05, 0) is 62.1 Å². The standard InChI is InChI=1S/C46H49N5O21/c1-24(52)66-34-17-9-13-30(39(34)69-27(4)55)42(61)47-21-8-7-16-33(49-43(62)31-14-10-18-35(67-25(2)53)40(31)70-28(5)56)44(63)50-46(65)48-23-37(58)51(22-12-20-38(59)60)72-45(64)32-15-11-19-36(68-26(3)54)41(32)71-29(6)57/h9-11,13-15,17-19,33H,7-8,12,16,20-23H2,1-6H3,(H,47,61)(H,49,62)(H,59,60)(H2,48,50,63,65)/t33-/m1/s1. The first-order valence-corrected chi connectivity index (χ1v) is 21.4. The van der Waals surface area contributed by atoms with Gasteiger partial charge in [-0.3, -0.25) is 58.1 Å². The maximum Gasteiger partial charge on any atom is 0.367 e. The molecule has 26 heteroatoms. The molecular formula is C46H49N5O21. The number of carbonyl (C=O) groups is 13. The lowest BCUT2D eigenvalue weighted by molar-refractivity contribution is -0.167. The number of hydrogen-bond donors (Lipinski definition) is 5. The normalized spacial score (nSPS) is 10.7. The Balaban J connectivity index is 1.83. The second kappa shape index (κ2) is 27.7. The Morgan fingerprint density at radius 1 is 0.542 bits per heavy atom. The number of rotatable bonds is 22. The number of esters is 6. The fourth-order valence-corrected chi connectivity index (χ4v) is 6.03. The molecule has 0 unspecified atom stereocenters. The second-order valence-electron chi connectivity index (χ2n) is 14.8. The van der Waals surface area contributed by atoms with Gasteiger partial charge in [-0.2, -0.15) is 5.06 Å². The van der Waals surface area contributed by atoms with Gasteiger partial charge in [-0.15, -0.1) is 0 Å². The molecule has 3 aromatic rings. The zero-order valence-corrected chi connectivity index (χ0v) is 39.5. The van der Waals surface area contributed by atoms with Crippen molar-refractivity contribution in [1.82, 2.24) is 26.3 Å². The largest absolute Gasteiger partial charge is 0.481 e. The van der Waals surface area contributed by atoms with Crippen LogP contribution in [0.3, 0.4) is 0 Å². The molecule has 5 N–H and O–H groups in total. The zero-order chi connectivity index (χ0) is 53.7. The van der Waals surface area contributed by atoms with E-state index in [2.05, 4.69) is 16.0 Å². The summed E-state index contributed by atoms with van der Waals surface area (Å²) in [5, 5.41) is 18.6. The predicted octanol–water partition coefficient (Wildman–Crippen LogP) is 2.23. The number of hydroxylamine groups is 2. The molecule has 0 aliphatic rings. The third kappa shape index (κ3) is 18.7. The third-order valence-electron chi connectivity index (χ3n) is 8.83. The van der Waals surface area contributed by atoms with Gasteiger partial charge in [0.1, 0.15) is 18.2 Å². The van der Waals surface area contributed by atoms with Crippen LogP contribution in [0.1, 0.15) is 105 Å². The van der Waals surface area contributed by atoms with Crippen molar-refractivity contribution < 1.29 is 101 Å². The van der Waals surface area contributed by atoms with Crippen molar-refractivity contribution in [2.75, 3.05) is 19.6 Å². The molecule has 0 bridgehead atoms. The average Bonchev–Trinajstić information content (AvgIpc) is 3.27. The van der Waals surface area contributed by atoms with Gasteiger partial charge in [0.15, 0.2) is 34.5 Å². The monoisotopic (exact) mass is 1010 g/mol. The van der Waals surface area contributed by atoms with Crippen molar-refractivity contribution in [1.29, 1.82) is 0 Å². The number of ether oxygens (including phenoxy) is 6. The molecule has 0 saturated carbocycles. The van der Waals surface area contributed by atoms with E-state index in [1.54, 1.807) is 0 Å². The highest BCUT2D eigenvalue weighted by atomic mass is 16.7. The molecule has 0 heterocycles. The van der Waals surface area contributed by atoms with E-state index in [0.717, 1.165) is 47.6 Å². The van der Waals surface area contributed by atoms with Gasteiger partial charge in [0, 0.05) is 54.5 Å². The summed E-state index contributed by atoms with van der Waals surface area (Å²) >= 11 is 0. The number of carbonyl (C=O) groups excluding carboxylic acids is 12. The fourth-order valence-electron chi connectivity index (χ4n) is 6.03. The van der Waals surface area contributed by atoms with Crippen LogP contribution in [0, 0.1) is 0 Å². The Morgan fingerprint density at radius 3 is 1.44 bits per heavy atom. The van der Waals surface area contributed by atoms with Gasteiger partial charge in [0.2, 0.25) is 0 Å². The van der Waals surface area contributed by atoms with Crippen molar-refractivity contribution in [3.8, 4) is 34.5 Å². The molecule has 384 valence electrons. The number of unbranched alkanes of at least 4 members (excludes halogenated alkanes) is 1. The third-order valence-corrected chi connectivity index (χ3v) is 8.83. The van der Waals surface area contributed by atoms with Crippen LogP contribution in [0.25, 0.3) is 0 Å². The number of nitrogens with zero attached hydrogens (tertiary/aromatic N) is 1. The Bertz CT molecular complexity index is 2630.